The first-order chi connectivity index (χ1) is 8.78. The molecule has 0 amide bonds. The van der Waals surface area contributed by atoms with E-state index in [-0.39, 0.29) is 5.82 Å². The number of anilines is 1. The van der Waals surface area contributed by atoms with Crippen LogP contribution in [-0.2, 0) is 17.8 Å². The Bertz CT molecular complexity index is 481. The van der Waals surface area contributed by atoms with E-state index in [1.165, 1.54) is 12.1 Å². The molecule has 0 bridgehead atoms. The zero-order chi connectivity index (χ0) is 12.8. The number of nitrogens with one attached hydrogen (secondary N) is 1. The van der Waals surface area contributed by atoms with Crippen molar-refractivity contribution in [3.8, 4) is 0 Å². The molecule has 0 spiro atoms. The summed E-state index contributed by atoms with van der Waals surface area (Å²) < 4.78 is 19.5. The highest BCUT2D eigenvalue weighted by Crippen LogP contribution is 2.08. The first-order valence-corrected chi connectivity index (χ1v) is 5.77. The number of nitrogens with zero attached hydrogens (tertiary/aromatic N) is 2. The molecule has 2 aromatic rings. The van der Waals surface area contributed by atoms with Gasteiger partial charge in [-0.25, -0.2) is 4.39 Å². The molecule has 2 rings (SSSR count). The van der Waals surface area contributed by atoms with Gasteiger partial charge in [-0.2, -0.15) is 5.10 Å². The largest absolute Gasteiger partial charge is 0.383 e. The maximum atomic E-state index is 12.7. The van der Waals surface area contributed by atoms with Gasteiger partial charge in [0.25, 0.3) is 0 Å². The minimum Gasteiger partial charge on any atom is -0.383 e. The summed E-state index contributed by atoms with van der Waals surface area (Å²) in [5, 5.41) is 7.42. The van der Waals surface area contributed by atoms with Crippen LogP contribution in [-0.4, -0.2) is 23.5 Å². The molecule has 4 nitrogen and oxygen atoms in total. The van der Waals surface area contributed by atoms with Crippen LogP contribution in [0.3, 0.4) is 0 Å². The average molecular weight is 249 g/mol. The van der Waals surface area contributed by atoms with Gasteiger partial charge in [0.05, 0.1) is 25.0 Å². The third-order valence-corrected chi connectivity index (χ3v) is 2.57. The summed E-state index contributed by atoms with van der Waals surface area (Å²) in [5.41, 5.74) is 1.97. The summed E-state index contributed by atoms with van der Waals surface area (Å²) in [4.78, 5) is 0. The highest BCUT2D eigenvalue weighted by atomic mass is 19.1. The molecule has 96 valence electrons. The lowest BCUT2D eigenvalue weighted by atomic mass is 10.2. The number of halogens is 1. The van der Waals surface area contributed by atoms with Gasteiger partial charge in [-0.05, 0) is 17.7 Å². The summed E-state index contributed by atoms with van der Waals surface area (Å²) in [5.74, 6) is -0.217. The summed E-state index contributed by atoms with van der Waals surface area (Å²) in [6.07, 6.45) is 3.68. The number of rotatable bonds is 6. The Kier molecular flexibility index (Phi) is 4.30. The molecule has 1 aromatic heterocycles. The SMILES string of the molecule is COCCn1cc(NCc2ccc(F)cc2)cn1. The topological polar surface area (TPSA) is 39.1 Å². The first-order valence-electron chi connectivity index (χ1n) is 5.77. The van der Waals surface area contributed by atoms with Crippen LogP contribution in [0.4, 0.5) is 10.1 Å². The molecule has 0 radical (unpaired) electrons. The molecular formula is C13H16FN3O. The van der Waals surface area contributed by atoms with Gasteiger partial charge in [-0.1, -0.05) is 12.1 Å². The molecule has 1 heterocycles. The van der Waals surface area contributed by atoms with Crippen LogP contribution in [0.25, 0.3) is 0 Å². The van der Waals surface area contributed by atoms with Crippen LogP contribution in [0, 0.1) is 5.82 Å². The molecule has 0 aliphatic heterocycles. The first kappa shape index (κ1) is 12.6. The summed E-state index contributed by atoms with van der Waals surface area (Å²) in [6, 6.07) is 6.44. The van der Waals surface area contributed by atoms with Crippen LogP contribution in [0.1, 0.15) is 5.56 Å². The van der Waals surface area contributed by atoms with Crippen molar-refractivity contribution in [2.45, 2.75) is 13.1 Å². The van der Waals surface area contributed by atoms with Crippen molar-refractivity contribution in [3.05, 3.63) is 48.0 Å². The Morgan fingerprint density at radius 1 is 1.33 bits per heavy atom. The van der Waals surface area contributed by atoms with Crippen molar-refractivity contribution in [1.82, 2.24) is 9.78 Å². The van der Waals surface area contributed by atoms with Crippen LogP contribution in [0.2, 0.25) is 0 Å². The van der Waals surface area contributed by atoms with Gasteiger partial charge in [0.1, 0.15) is 5.82 Å². The van der Waals surface area contributed by atoms with E-state index in [1.54, 1.807) is 25.4 Å². The third-order valence-electron chi connectivity index (χ3n) is 2.57. The van der Waals surface area contributed by atoms with Gasteiger partial charge in [0.2, 0.25) is 0 Å². The van der Waals surface area contributed by atoms with Gasteiger partial charge in [0, 0.05) is 19.9 Å². The standard InChI is InChI=1S/C13H16FN3O/c1-18-7-6-17-10-13(9-16-17)15-8-11-2-4-12(14)5-3-11/h2-5,9-10,15H,6-8H2,1H3. The quantitative estimate of drug-likeness (QED) is 0.853. The number of benzene rings is 1. The molecule has 1 aromatic carbocycles. The number of methoxy groups -OCH3 is 1. The van der Waals surface area contributed by atoms with Crippen molar-refractivity contribution < 1.29 is 9.13 Å². The normalized spacial score (nSPS) is 10.6. The Labute approximate surface area is 105 Å². The molecule has 0 aliphatic rings. The Morgan fingerprint density at radius 3 is 2.83 bits per heavy atom. The number of aromatic nitrogens is 2. The second-order valence-electron chi connectivity index (χ2n) is 3.96. The van der Waals surface area contributed by atoms with Crippen LogP contribution >= 0.6 is 0 Å². The predicted molar refractivity (Wildman–Crippen MR) is 67.8 cm³/mol. The van der Waals surface area contributed by atoms with Crippen molar-refractivity contribution >= 4 is 5.69 Å². The molecular weight excluding hydrogens is 233 g/mol. The van der Waals surface area contributed by atoms with E-state index in [4.69, 9.17) is 4.74 Å². The van der Waals surface area contributed by atoms with Crippen molar-refractivity contribution in [3.63, 3.8) is 0 Å². The highest BCUT2D eigenvalue weighted by Gasteiger charge is 1.99. The summed E-state index contributed by atoms with van der Waals surface area (Å²) in [7, 11) is 1.66. The van der Waals surface area contributed by atoms with Crippen molar-refractivity contribution in [2.75, 3.05) is 19.0 Å². The number of hydrogen-bond acceptors (Lipinski definition) is 3. The van der Waals surface area contributed by atoms with Crippen LogP contribution in [0.15, 0.2) is 36.7 Å². The second kappa shape index (κ2) is 6.16. The smallest absolute Gasteiger partial charge is 0.123 e. The number of hydrogen-bond donors (Lipinski definition) is 1. The molecule has 0 aliphatic carbocycles. The molecule has 18 heavy (non-hydrogen) atoms. The molecule has 1 N–H and O–H groups in total. The van der Waals surface area contributed by atoms with E-state index in [9.17, 15) is 4.39 Å². The van der Waals surface area contributed by atoms with Gasteiger partial charge < -0.3 is 10.1 Å². The number of ether oxygens (including phenoxy) is 1. The monoisotopic (exact) mass is 249 g/mol. The lowest BCUT2D eigenvalue weighted by Gasteiger charge is -2.03. The van der Waals surface area contributed by atoms with Gasteiger partial charge >= 0.3 is 0 Å². The Balaban J connectivity index is 1.86. The molecule has 0 unspecified atom stereocenters. The molecule has 0 fully saturated rings. The predicted octanol–water partition coefficient (Wildman–Crippen LogP) is 2.28. The third kappa shape index (κ3) is 3.56. The van der Waals surface area contributed by atoms with E-state index in [1.807, 2.05) is 10.9 Å². The van der Waals surface area contributed by atoms with E-state index < -0.39 is 0 Å². The maximum Gasteiger partial charge on any atom is 0.123 e. The molecule has 5 heteroatoms. The maximum absolute atomic E-state index is 12.7. The lowest BCUT2D eigenvalue weighted by molar-refractivity contribution is 0.183. The van der Waals surface area contributed by atoms with Gasteiger partial charge in [0.15, 0.2) is 0 Å². The van der Waals surface area contributed by atoms with Crippen molar-refractivity contribution in [2.24, 2.45) is 0 Å². The Morgan fingerprint density at radius 2 is 2.11 bits per heavy atom. The average Bonchev–Trinajstić information content (AvgIpc) is 2.84. The Hall–Kier alpha value is -1.88. The molecule has 0 saturated heterocycles. The summed E-state index contributed by atoms with van der Waals surface area (Å²) in [6.45, 7) is 2.02. The lowest BCUT2D eigenvalue weighted by Crippen LogP contribution is -2.04. The van der Waals surface area contributed by atoms with Crippen molar-refractivity contribution in [1.29, 1.82) is 0 Å². The minimum absolute atomic E-state index is 0.217. The minimum atomic E-state index is -0.217. The van der Waals surface area contributed by atoms with Gasteiger partial charge in [-0.15, -0.1) is 0 Å². The van der Waals surface area contributed by atoms with E-state index >= 15 is 0 Å². The van der Waals surface area contributed by atoms with E-state index in [0.29, 0.717) is 13.2 Å². The molecule has 0 atom stereocenters. The van der Waals surface area contributed by atoms with Crippen LogP contribution in [0.5, 0.6) is 0 Å². The molecule has 0 saturated carbocycles. The fourth-order valence-corrected chi connectivity index (χ4v) is 1.57. The fourth-order valence-electron chi connectivity index (χ4n) is 1.57. The van der Waals surface area contributed by atoms with Gasteiger partial charge in [-0.3, -0.25) is 4.68 Å². The zero-order valence-corrected chi connectivity index (χ0v) is 10.3. The van der Waals surface area contributed by atoms with E-state index in [0.717, 1.165) is 17.8 Å². The fraction of sp³-hybridized carbons (Fsp3) is 0.308. The van der Waals surface area contributed by atoms with E-state index in [2.05, 4.69) is 10.4 Å². The van der Waals surface area contributed by atoms with Crippen LogP contribution < -0.4 is 5.32 Å². The summed E-state index contributed by atoms with van der Waals surface area (Å²) >= 11 is 0. The highest BCUT2D eigenvalue weighted by molar-refractivity contribution is 5.39. The zero-order valence-electron chi connectivity index (χ0n) is 10.3. The second-order valence-corrected chi connectivity index (χ2v) is 3.96.